The lowest BCUT2D eigenvalue weighted by Crippen LogP contribution is -2.38. The summed E-state index contributed by atoms with van der Waals surface area (Å²) in [5, 5.41) is 2.77. The Morgan fingerprint density at radius 1 is 1.00 bits per heavy atom. The van der Waals surface area contributed by atoms with E-state index in [-0.39, 0.29) is 10.6 Å². The predicted octanol–water partition coefficient (Wildman–Crippen LogP) is 4.29. The second-order valence-electron chi connectivity index (χ2n) is 6.96. The van der Waals surface area contributed by atoms with Crippen LogP contribution in [-0.4, -0.2) is 28.0 Å². The third-order valence-corrected chi connectivity index (χ3v) is 6.72. The van der Waals surface area contributed by atoms with Crippen molar-refractivity contribution in [1.29, 1.82) is 0 Å². The van der Waals surface area contributed by atoms with Crippen LogP contribution in [0, 0.1) is 19.7 Å². The number of hydrogen-bond acceptors (Lipinski definition) is 4. The summed E-state index contributed by atoms with van der Waals surface area (Å²) < 4.78 is 46.1. The Morgan fingerprint density at radius 3 is 2.26 bits per heavy atom. The molecule has 0 aliphatic heterocycles. The topological polar surface area (TPSA) is 75.7 Å². The summed E-state index contributed by atoms with van der Waals surface area (Å²) in [5.74, 6) is -0.527. The fourth-order valence-electron chi connectivity index (χ4n) is 3.00. The molecule has 0 fully saturated rings. The first-order chi connectivity index (χ1) is 14.7. The molecule has 0 radical (unpaired) electrons. The van der Waals surface area contributed by atoms with Gasteiger partial charge in [0, 0.05) is 5.69 Å². The average molecular weight is 443 g/mol. The van der Waals surface area contributed by atoms with E-state index >= 15 is 0 Å². The van der Waals surface area contributed by atoms with Gasteiger partial charge in [-0.05, 0) is 79.6 Å². The van der Waals surface area contributed by atoms with Crippen LogP contribution in [0.15, 0.2) is 71.6 Å². The molecule has 31 heavy (non-hydrogen) atoms. The number of sulfonamides is 1. The van der Waals surface area contributed by atoms with Crippen molar-refractivity contribution >= 4 is 27.3 Å². The number of benzene rings is 3. The van der Waals surface area contributed by atoms with E-state index in [9.17, 15) is 17.6 Å². The molecule has 8 heteroatoms. The van der Waals surface area contributed by atoms with Gasteiger partial charge in [-0.15, -0.1) is 0 Å². The van der Waals surface area contributed by atoms with Gasteiger partial charge in [-0.3, -0.25) is 9.10 Å². The Bertz CT molecular complexity index is 1180. The van der Waals surface area contributed by atoms with E-state index in [4.69, 9.17) is 4.74 Å². The van der Waals surface area contributed by atoms with Gasteiger partial charge in [-0.1, -0.05) is 12.1 Å². The normalized spacial score (nSPS) is 11.1. The van der Waals surface area contributed by atoms with Crippen LogP contribution in [0.25, 0.3) is 0 Å². The summed E-state index contributed by atoms with van der Waals surface area (Å²) in [6.07, 6.45) is 0. The Balaban J connectivity index is 1.95. The first kappa shape index (κ1) is 22.3. The van der Waals surface area contributed by atoms with Crippen LogP contribution in [0.5, 0.6) is 5.75 Å². The number of carbonyl (C=O) groups excluding carboxylic acids is 1. The van der Waals surface area contributed by atoms with Crippen LogP contribution in [0.1, 0.15) is 11.1 Å². The molecule has 0 saturated heterocycles. The maximum Gasteiger partial charge on any atom is 0.264 e. The highest BCUT2D eigenvalue weighted by Gasteiger charge is 2.27. The lowest BCUT2D eigenvalue weighted by atomic mass is 10.1. The zero-order valence-corrected chi connectivity index (χ0v) is 18.2. The van der Waals surface area contributed by atoms with Crippen molar-refractivity contribution in [1.82, 2.24) is 0 Å². The quantitative estimate of drug-likeness (QED) is 0.592. The van der Waals surface area contributed by atoms with Crippen LogP contribution in [0.3, 0.4) is 0 Å². The van der Waals surface area contributed by atoms with Crippen LogP contribution < -0.4 is 14.4 Å². The number of nitrogens with zero attached hydrogens (tertiary/aromatic N) is 1. The molecule has 3 rings (SSSR count). The number of aryl methyl sites for hydroxylation is 1. The van der Waals surface area contributed by atoms with Gasteiger partial charge in [-0.2, -0.15) is 0 Å². The molecule has 3 aromatic rings. The molecule has 0 atom stereocenters. The SMILES string of the molecule is COc1ccc(S(=O)(=O)N(CC(=O)Nc2cccc(C)c2C)c2ccc(F)cc2)cc1. The van der Waals surface area contributed by atoms with Gasteiger partial charge < -0.3 is 10.1 Å². The van der Waals surface area contributed by atoms with Crippen molar-refractivity contribution in [3.63, 3.8) is 0 Å². The smallest absolute Gasteiger partial charge is 0.264 e. The molecule has 0 aromatic heterocycles. The fourth-order valence-corrected chi connectivity index (χ4v) is 4.42. The summed E-state index contributed by atoms with van der Waals surface area (Å²) in [4.78, 5) is 12.8. The Kier molecular flexibility index (Phi) is 6.60. The lowest BCUT2D eigenvalue weighted by molar-refractivity contribution is -0.114. The van der Waals surface area contributed by atoms with Crippen molar-refractivity contribution in [2.45, 2.75) is 18.7 Å². The number of amides is 1. The molecule has 0 bridgehead atoms. The minimum atomic E-state index is -4.10. The van der Waals surface area contributed by atoms with E-state index in [0.717, 1.165) is 27.6 Å². The summed E-state index contributed by atoms with van der Waals surface area (Å²) in [6, 6.07) is 16.2. The number of halogens is 1. The highest BCUT2D eigenvalue weighted by atomic mass is 32.2. The molecule has 0 saturated carbocycles. The number of hydrogen-bond donors (Lipinski definition) is 1. The van der Waals surface area contributed by atoms with Gasteiger partial charge in [0.05, 0.1) is 17.7 Å². The average Bonchev–Trinajstić information content (AvgIpc) is 2.76. The zero-order chi connectivity index (χ0) is 22.6. The first-order valence-electron chi connectivity index (χ1n) is 9.51. The number of methoxy groups -OCH3 is 1. The molecular weight excluding hydrogens is 419 g/mol. The molecule has 0 aliphatic carbocycles. The summed E-state index contributed by atoms with van der Waals surface area (Å²) in [6.45, 7) is 3.31. The first-order valence-corrected chi connectivity index (χ1v) is 10.9. The largest absolute Gasteiger partial charge is 0.497 e. The summed E-state index contributed by atoms with van der Waals surface area (Å²) in [7, 11) is -2.62. The molecule has 0 aliphatic rings. The van der Waals surface area contributed by atoms with Crippen LogP contribution in [-0.2, 0) is 14.8 Å². The van der Waals surface area contributed by atoms with Gasteiger partial charge in [0.2, 0.25) is 5.91 Å². The fraction of sp³-hybridized carbons (Fsp3) is 0.174. The Labute approximate surface area is 181 Å². The second kappa shape index (κ2) is 9.18. The van der Waals surface area contributed by atoms with Crippen LogP contribution >= 0.6 is 0 Å². The van der Waals surface area contributed by atoms with E-state index < -0.39 is 28.3 Å². The van der Waals surface area contributed by atoms with Gasteiger partial charge in [0.15, 0.2) is 0 Å². The molecule has 6 nitrogen and oxygen atoms in total. The minimum Gasteiger partial charge on any atom is -0.497 e. The third-order valence-electron chi connectivity index (χ3n) is 4.93. The van der Waals surface area contributed by atoms with E-state index in [2.05, 4.69) is 5.32 Å². The van der Waals surface area contributed by atoms with Gasteiger partial charge in [0.1, 0.15) is 18.1 Å². The Morgan fingerprint density at radius 2 is 1.65 bits per heavy atom. The van der Waals surface area contributed by atoms with E-state index in [0.29, 0.717) is 11.4 Å². The van der Waals surface area contributed by atoms with E-state index in [1.54, 1.807) is 6.07 Å². The zero-order valence-electron chi connectivity index (χ0n) is 17.4. The van der Waals surface area contributed by atoms with Crippen molar-refractivity contribution in [2.24, 2.45) is 0 Å². The number of rotatable bonds is 7. The number of nitrogens with one attached hydrogen (secondary N) is 1. The standard InChI is InChI=1S/C23H23FN2O4S/c1-16-5-4-6-22(17(16)2)25-23(27)15-26(19-9-7-18(24)8-10-19)31(28,29)21-13-11-20(30-3)12-14-21/h4-14H,15H2,1-3H3,(H,25,27). The predicted molar refractivity (Wildman–Crippen MR) is 118 cm³/mol. The maximum atomic E-state index is 13.4. The van der Waals surface area contributed by atoms with Gasteiger partial charge in [0.25, 0.3) is 10.0 Å². The highest BCUT2D eigenvalue weighted by molar-refractivity contribution is 7.92. The van der Waals surface area contributed by atoms with Crippen LogP contribution in [0.4, 0.5) is 15.8 Å². The van der Waals surface area contributed by atoms with E-state index in [1.165, 1.54) is 43.5 Å². The lowest BCUT2D eigenvalue weighted by Gasteiger charge is -2.24. The van der Waals surface area contributed by atoms with Gasteiger partial charge >= 0.3 is 0 Å². The van der Waals surface area contributed by atoms with Crippen molar-refractivity contribution in [3.8, 4) is 5.75 Å². The molecule has 3 aromatic carbocycles. The third kappa shape index (κ3) is 5.03. The maximum absolute atomic E-state index is 13.4. The summed E-state index contributed by atoms with van der Waals surface area (Å²) in [5.41, 5.74) is 2.67. The molecule has 0 spiro atoms. The van der Waals surface area contributed by atoms with Crippen molar-refractivity contribution in [3.05, 3.63) is 83.7 Å². The monoisotopic (exact) mass is 442 g/mol. The molecule has 0 unspecified atom stereocenters. The van der Waals surface area contributed by atoms with Crippen molar-refractivity contribution in [2.75, 3.05) is 23.3 Å². The molecule has 1 N–H and O–H groups in total. The molecule has 162 valence electrons. The minimum absolute atomic E-state index is 0.0165. The molecule has 1 amide bonds. The highest BCUT2D eigenvalue weighted by Crippen LogP contribution is 2.26. The van der Waals surface area contributed by atoms with Crippen molar-refractivity contribution < 1.29 is 22.3 Å². The number of carbonyl (C=O) groups is 1. The van der Waals surface area contributed by atoms with Gasteiger partial charge in [-0.25, -0.2) is 12.8 Å². The Hall–Kier alpha value is -3.39. The molecular formula is C23H23FN2O4S. The van der Waals surface area contributed by atoms with E-state index in [1.807, 2.05) is 26.0 Å². The van der Waals surface area contributed by atoms with Crippen LogP contribution in [0.2, 0.25) is 0 Å². The molecule has 0 heterocycles. The number of anilines is 2. The summed E-state index contributed by atoms with van der Waals surface area (Å²) >= 11 is 0. The number of ether oxygens (including phenoxy) is 1. The second-order valence-corrected chi connectivity index (χ2v) is 8.82.